The summed E-state index contributed by atoms with van der Waals surface area (Å²) in [5, 5.41) is 17.0. The maximum Gasteiger partial charge on any atom is 0.258 e. The van der Waals surface area contributed by atoms with Crippen LogP contribution >= 0.6 is 23.1 Å². The van der Waals surface area contributed by atoms with Gasteiger partial charge < -0.3 is 10.4 Å². The summed E-state index contributed by atoms with van der Waals surface area (Å²) in [7, 11) is 0. The number of rotatable bonds is 5. The number of nitrogens with zero attached hydrogens (tertiary/aromatic N) is 5. The van der Waals surface area contributed by atoms with Crippen LogP contribution in [0.5, 0.6) is 0 Å². The molecule has 1 aromatic carbocycles. The van der Waals surface area contributed by atoms with E-state index in [-0.39, 0.29) is 5.41 Å². The lowest BCUT2D eigenvalue weighted by Gasteiger charge is -2.19. The number of benzene rings is 1. The van der Waals surface area contributed by atoms with Crippen LogP contribution in [0.15, 0.2) is 50.8 Å². The van der Waals surface area contributed by atoms with Gasteiger partial charge >= 0.3 is 0 Å². The summed E-state index contributed by atoms with van der Waals surface area (Å²) in [5.41, 5.74) is 3.21. The second kappa shape index (κ2) is 7.40. The Kier molecular flexibility index (Phi) is 4.94. The topological polar surface area (TPSA) is 95.6 Å². The normalized spacial score (nSPS) is 11.8. The Balaban J connectivity index is 1.47. The highest BCUT2D eigenvalue weighted by molar-refractivity contribution is 7.98. The minimum atomic E-state index is 0.0996. The van der Waals surface area contributed by atoms with Gasteiger partial charge in [-0.15, -0.1) is 10.2 Å². The molecule has 9 heteroatoms. The van der Waals surface area contributed by atoms with Gasteiger partial charge in [0.25, 0.3) is 5.89 Å². The maximum atomic E-state index is 6.21. The summed E-state index contributed by atoms with van der Waals surface area (Å²) in [6.45, 7) is 6.55. The number of aromatic nitrogens is 5. The Bertz CT molecular complexity index is 1060. The molecule has 0 bridgehead atoms. The zero-order valence-electron chi connectivity index (χ0n) is 15.8. The van der Waals surface area contributed by atoms with Crippen molar-refractivity contribution in [2.24, 2.45) is 0 Å². The largest absolute Gasteiger partial charge is 0.335 e. The summed E-state index contributed by atoms with van der Waals surface area (Å²) >= 11 is 3.00. The molecule has 4 rings (SSSR count). The molecule has 0 aliphatic heterocycles. The van der Waals surface area contributed by atoms with E-state index in [1.54, 1.807) is 11.3 Å². The second-order valence-electron chi connectivity index (χ2n) is 7.32. The molecule has 0 saturated heterocycles. The molecule has 0 amide bonds. The smallest absolute Gasteiger partial charge is 0.258 e. The summed E-state index contributed by atoms with van der Waals surface area (Å²) in [6.07, 6.45) is 0. The average Bonchev–Trinajstić information content (AvgIpc) is 3.40. The molecule has 0 aliphatic carbocycles. The fraction of sp³-hybridized carbons (Fsp3) is 0.263. The summed E-state index contributed by atoms with van der Waals surface area (Å²) in [5.74, 6) is 8.43. The zero-order valence-corrected chi connectivity index (χ0v) is 17.4. The molecule has 144 valence electrons. The third kappa shape index (κ3) is 3.81. The van der Waals surface area contributed by atoms with E-state index in [2.05, 4.69) is 53.2 Å². The predicted octanol–water partition coefficient (Wildman–Crippen LogP) is 4.36. The molecule has 0 saturated carbocycles. The highest BCUT2D eigenvalue weighted by Crippen LogP contribution is 2.28. The summed E-state index contributed by atoms with van der Waals surface area (Å²) in [4.78, 5) is 4.40. The fourth-order valence-corrected chi connectivity index (χ4v) is 3.97. The van der Waals surface area contributed by atoms with Crippen molar-refractivity contribution in [1.82, 2.24) is 25.0 Å². The van der Waals surface area contributed by atoms with Crippen LogP contribution in [0.2, 0.25) is 0 Å². The van der Waals surface area contributed by atoms with Gasteiger partial charge in [0.05, 0.1) is 11.3 Å². The maximum absolute atomic E-state index is 6.21. The van der Waals surface area contributed by atoms with E-state index in [1.807, 2.05) is 29.0 Å². The van der Waals surface area contributed by atoms with Gasteiger partial charge in [-0.2, -0.15) is 16.3 Å². The van der Waals surface area contributed by atoms with Crippen LogP contribution in [0, 0.1) is 0 Å². The van der Waals surface area contributed by atoms with Crippen LogP contribution < -0.4 is 5.84 Å². The van der Waals surface area contributed by atoms with Crippen LogP contribution in [-0.4, -0.2) is 25.0 Å². The molecule has 28 heavy (non-hydrogen) atoms. The van der Waals surface area contributed by atoms with E-state index >= 15 is 0 Å². The molecular weight excluding hydrogens is 392 g/mol. The Morgan fingerprint density at radius 3 is 2.57 bits per heavy atom. The molecule has 0 aliphatic rings. The molecule has 0 spiro atoms. The van der Waals surface area contributed by atoms with Crippen molar-refractivity contribution < 1.29 is 4.52 Å². The van der Waals surface area contributed by atoms with E-state index in [0.717, 1.165) is 11.1 Å². The quantitative estimate of drug-likeness (QED) is 0.384. The summed E-state index contributed by atoms with van der Waals surface area (Å²) < 4.78 is 6.80. The van der Waals surface area contributed by atoms with Crippen molar-refractivity contribution >= 4 is 23.1 Å². The molecule has 0 radical (unpaired) electrons. The van der Waals surface area contributed by atoms with Crippen LogP contribution in [0.1, 0.15) is 32.2 Å². The SMILES string of the molecule is CC(C)(C)c1ccc(-c2nnc(SCc3noc(-c4ccsc4)n3)n2N)cc1. The third-order valence-electron chi connectivity index (χ3n) is 4.24. The number of nitrogen functional groups attached to an aromatic ring is 1. The van der Waals surface area contributed by atoms with E-state index in [1.165, 1.54) is 22.0 Å². The van der Waals surface area contributed by atoms with Gasteiger partial charge in [-0.25, -0.2) is 4.68 Å². The number of hydrogen-bond acceptors (Lipinski definition) is 8. The third-order valence-corrected chi connectivity index (χ3v) is 5.86. The van der Waals surface area contributed by atoms with Gasteiger partial charge in [0.15, 0.2) is 11.6 Å². The minimum absolute atomic E-state index is 0.0996. The summed E-state index contributed by atoms with van der Waals surface area (Å²) in [6, 6.07) is 10.2. The highest BCUT2D eigenvalue weighted by Gasteiger charge is 2.17. The van der Waals surface area contributed by atoms with Crippen LogP contribution in [-0.2, 0) is 11.2 Å². The van der Waals surface area contributed by atoms with Gasteiger partial charge in [-0.05, 0) is 22.4 Å². The number of hydrogen-bond donors (Lipinski definition) is 1. The van der Waals surface area contributed by atoms with E-state index in [4.69, 9.17) is 10.4 Å². The number of nitrogens with two attached hydrogens (primary N) is 1. The van der Waals surface area contributed by atoms with Gasteiger partial charge in [-0.3, -0.25) is 0 Å². The van der Waals surface area contributed by atoms with Gasteiger partial charge in [-0.1, -0.05) is 62.0 Å². The van der Waals surface area contributed by atoms with Crippen LogP contribution in [0.3, 0.4) is 0 Å². The number of thioether (sulfide) groups is 1. The lowest BCUT2D eigenvalue weighted by Crippen LogP contribution is -2.12. The minimum Gasteiger partial charge on any atom is -0.335 e. The van der Waals surface area contributed by atoms with Crippen molar-refractivity contribution in [3.8, 4) is 22.8 Å². The highest BCUT2D eigenvalue weighted by atomic mass is 32.2. The first-order valence-electron chi connectivity index (χ1n) is 8.71. The van der Waals surface area contributed by atoms with E-state index in [0.29, 0.717) is 28.4 Å². The standard InChI is InChI=1S/C19H20N6OS2/c1-19(2,3)14-6-4-12(5-7-14)16-22-23-18(25(16)20)28-11-15-21-17(26-24-15)13-8-9-27-10-13/h4-10H,11,20H2,1-3H3. The number of thiophene rings is 1. The Morgan fingerprint density at radius 1 is 1.11 bits per heavy atom. The first-order chi connectivity index (χ1) is 13.4. The molecule has 0 atom stereocenters. The molecule has 7 nitrogen and oxygen atoms in total. The predicted molar refractivity (Wildman–Crippen MR) is 111 cm³/mol. The fourth-order valence-electron chi connectivity index (χ4n) is 2.64. The second-order valence-corrected chi connectivity index (χ2v) is 9.04. The molecule has 2 N–H and O–H groups in total. The average molecular weight is 413 g/mol. The van der Waals surface area contributed by atoms with Crippen LogP contribution in [0.25, 0.3) is 22.8 Å². The van der Waals surface area contributed by atoms with Gasteiger partial charge in [0.1, 0.15) is 0 Å². The molecule has 0 unspecified atom stereocenters. The first-order valence-corrected chi connectivity index (χ1v) is 10.6. The Morgan fingerprint density at radius 2 is 1.89 bits per heavy atom. The van der Waals surface area contributed by atoms with Crippen molar-refractivity contribution in [3.63, 3.8) is 0 Å². The monoisotopic (exact) mass is 412 g/mol. The van der Waals surface area contributed by atoms with E-state index in [9.17, 15) is 0 Å². The lowest BCUT2D eigenvalue weighted by atomic mass is 9.87. The Hall–Kier alpha value is -2.65. The van der Waals surface area contributed by atoms with Crippen molar-refractivity contribution in [2.75, 3.05) is 5.84 Å². The zero-order chi connectivity index (χ0) is 19.7. The molecule has 3 aromatic heterocycles. The van der Waals surface area contributed by atoms with Crippen molar-refractivity contribution in [3.05, 3.63) is 52.5 Å². The van der Waals surface area contributed by atoms with E-state index < -0.39 is 0 Å². The van der Waals surface area contributed by atoms with Crippen molar-refractivity contribution in [2.45, 2.75) is 37.1 Å². The van der Waals surface area contributed by atoms with Gasteiger partial charge in [0.2, 0.25) is 5.16 Å². The van der Waals surface area contributed by atoms with Gasteiger partial charge in [0, 0.05) is 10.9 Å². The molecule has 0 fully saturated rings. The molecule has 3 heterocycles. The molecule has 4 aromatic rings. The molecular formula is C19H20N6OS2. The van der Waals surface area contributed by atoms with Crippen LogP contribution in [0.4, 0.5) is 0 Å². The lowest BCUT2D eigenvalue weighted by molar-refractivity contribution is 0.425. The first kappa shape index (κ1) is 18.7. The van der Waals surface area contributed by atoms with Crippen molar-refractivity contribution in [1.29, 1.82) is 0 Å². The Labute approximate surface area is 171 Å².